The van der Waals surface area contributed by atoms with Crippen molar-refractivity contribution in [1.82, 2.24) is 9.88 Å². The van der Waals surface area contributed by atoms with Crippen LogP contribution in [0.2, 0.25) is 0 Å². The van der Waals surface area contributed by atoms with Gasteiger partial charge in [-0.2, -0.15) is 13.2 Å². The number of hydrogen-bond donors (Lipinski definition) is 1. The molecule has 2 atom stereocenters. The van der Waals surface area contributed by atoms with Gasteiger partial charge in [-0.1, -0.05) is 25.1 Å². The molecule has 140 valence electrons. The third kappa shape index (κ3) is 3.98. The van der Waals surface area contributed by atoms with Crippen molar-refractivity contribution >= 4 is 16.8 Å². The molecule has 1 amide bonds. The van der Waals surface area contributed by atoms with Crippen LogP contribution in [0.1, 0.15) is 36.8 Å². The van der Waals surface area contributed by atoms with E-state index >= 15 is 0 Å². The summed E-state index contributed by atoms with van der Waals surface area (Å²) in [5.41, 5.74) is 8.55. The van der Waals surface area contributed by atoms with Crippen molar-refractivity contribution in [3.05, 3.63) is 41.6 Å². The molecule has 1 saturated heterocycles. The Labute approximate surface area is 150 Å². The summed E-state index contributed by atoms with van der Waals surface area (Å²) in [5.74, 6) is -0.739. The number of hydrogen-bond acceptors (Lipinski definition) is 3. The first-order valence-electron chi connectivity index (χ1n) is 8.69. The lowest BCUT2D eigenvalue weighted by atomic mass is 9.83. The van der Waals surface area contributed by atoms with Crippen LogP contribution in [-0.4, -0.2) is 35.1 Å². The van der Waals surface area contributed by atoms with Crippen LogP contribution in [-0.2, 0) is 11.3 Å². The van der Waals surface area contributed by atoms with Crippen LogP contribution in [0.15, 0.2) is 30.5 Å². The zero-order valence-electron chi connectivity index (χ0n) is 14.6. The van der Waals surface area contributed by atoms with Crippen molar-refractivity contribution in [1.29, 1.82) is 0 Å². The fourth-order valence-corrected chi connectivity index (χ4v) is 3.84. The number of nitrogens with two attached hydrogens (primary N) is 1. The number of amides is 1. The molecule has 2 aromatic rings. The smallest absolute Gasteiger partial charge is 0.342 e. The third-order valence-electron chi connectivity index (χ3n) is 4.91. The first kappa shape index (κ1) is 18.6. The van der Waals surface area contributed by atoms with Crippen LogP contribution in [0.3, 0.4) is 0 Å². The Hall–Kier alpha value is -2.15. The molecule has 26 heavy (non-hydrogen) atoms. The van der Waals surface area contributed by atoms with Crippen molar-refractivity contribution < 1.29 is 18.0 Å². The molecule has 0 bridgehead atoms. The van der Waals surface area contributed by atoms with Gasteiger partial charge in [-0.25, -0.2) is 0 Å². The van der Waals surface area contributed by atoms with E-state index in [1.807, 2.05) is 31.2 Å². The molecule has 1 aliphatic rings. The molecule has 0 spiro atoms. The van der Waals surface area contributed by atoms with Gasteiger partial charge in [-0.3, -0.25) is 9.78 Å². The normalized spacial score (nSPS) is 21.2. The lowest BCUT2D eigenvalue weighted by Crippen LogP contribution is -2.43. The number of nitrogens with zero attached hydrogens (tertiary/aromatic N) is 2. The molecule has 0 aliphatic carbocycles. The summed E-state index contributed by atoms with van der Waals surface area (Å²) >= 11 is 0. The number of likely N-dealkylation sites (tertiary alicyclic amines) is 1. The summed E-state index contributed by atoms with van der Waals surface area (Å²) in [6, 6.07) is 7.69. The fraction of sp³-hybridized carbons (Fsp3) is 0.474. The first-order chi connectivity index (χ1) is 12.3. The van der Waals surface area contributed by atoms with Gasteiger partial charge in [0.1, 0.15) is 6.42 Å². The molecule has 7 heteroatoms. The molecule has 2 N–H and O–H groups in total. The summed E-state index contributed by atoms with van der Waals surface area (Å²) in [7, 11) is 0. The lowest BCUT2D eigenvalue weighted by Gasteiger charge is -2.37. The van der Waals surface area contributed by atoms with Crippen LogP contribution < -0.4 is 5.73 Å². The first-order valence-corrected chi connectivity index (χ1v) is 8.69. The van der Waals surface area contributed by atoms with E-state index < -0.39 is 18.5 Å². The van der Waals surface area contributed by atoms with E-state index in [2.05, 4.69) is 4.98 Å². The molecule has 4 nitrogen and oxygen atoms in total. The number of rotatable bonds is 3. The SMILES string of the molecule is CC1C[C@@H](c2ccc(CN)c3ncccc23)CN(C(=O)CC(F)(F)F)C1. The monoisotopic (exact) mass is 365 g/mol. The molecule has 0 radical (unpaired) electrons. The van der Waals surface area contributed by atoms with Gasteiger partial charge in [0.2, 0.25) is 5.91 Å². The van der Waals surface area contributed by atoms with Gasteiger partial charge in [0, 0.05) is 37.1 Å². The number of halogens is 3. The maximum Gasteiger partial charge on any atom is 0.397 e. The Kier molecular flexibility index (Phi) is 5.18. The van der Waals surface area contributed by atoms with Crippen molar-refractivity contribution in [3.63, 3.8) is 0 Å². The Bertz CT molecular complexity index is 806. The van der Waals surface area contributed by atoms with Gasteiger partial charge in [0.05, 0.1) is 5.52 Å². The molecule has 1 aromatic heterocycles. The van der Waals surface area contributed by atoms with Crippen molar-refractivity contribution in [2.24, 2.45) is 11.7 Å². The highest BCUT2D eigenvalue weighted by molar-refractivity contribution is 5.86. The topological polar surface area (TPSA) is 59.2 Å². The number of alkyl halides is 3. The van der Waals surface area contributed by atoms with Crippen molar-refractivity contribution in [2.45, 2.75) is 38.4 Å². The fourth-order valence-electron chi connectivity index (χ4n) is 3.84. The number of fused-ring (bicyclic) bond motifs is 1. The second-order valence-corrected chi connectivity index (χ2v) is 7.05. The maximum absolute atomic E-state index is 12.6. The number of aromatic nitrogens is 1. The zero-order chi connectivity index (χ0) is 18.9. The van der Waals surface area contributed by atoms with E-state index in [1.165, 1.54) is 4.90 Å². The summed E-state index contributed by atoms with van der Waals surface area (Å²) in [6.07, 6.45) is -3.36. The summed E-state index contributed by atoms with van der Waals surface area (Å²) in [4.78, 5) is 17.8. The minimum absolute atomic E-state index is 0.0190. The second-order valence-electron chi connectivity index (χ2n) is 7.05. The predicted molar refractivity (Wildman–Crippen MR) is 93.4 cm³/mol. The van der Waals surface area contributed by atoms with Crippen LogP contribution >= 0.6 is 0 Å². The number of piperidine rings is 1. The molecule has 1 aromatic carbocycles. The van der Waals surface area contributed by atoms with Crippen LogP contribution in [0.4, 0.5) is 13.2 Å². The van der Waals surface area contributed by atoms with E-state index in [1.54, 1.807) is 6.20 Å². The average molecular weight is 365 g/mol. The van der Waals surface area contributed by atoms with Gasteiger partial charge >= 0.3 is 6.18 Å². The number of carbonyl (C=O) groups is 1. The summed E-state index contributed by atoms with van der Waals surface area (Å²) in [6.45, 7) is 2.99. The predicted octanol–water partition coefficient (Wildman–Crippen LogP) is 3.60. The number of pyridine rings is 1. The molecule has 1 aliphatic heterocycles. The molecule has 0 saturated carbocycles. The zero-order valence-corrected chi connectivity index (χ0v) is 14.6. The minimum atomic E-state index is -4.48. The van der Waals surface area contributed by atoms with Gasteiger partial charge in [-0.15, -0.1) is 0 Å². The lowest BCUT2D eigenvalue weighted by molar-refractivity contribution is -0.162. The average Bonchev–Trinajstić information content (AvgIpc) is 2.58. The van der Waals surface area contributed by atoms with Crippen LogP contribution in [0.25, 0.3) is 10.9 Å². The Morgan fingerprint density at radius 3 is 2.77 bits per heavy atom. The van der Waals surface area contributed by atoms with E-state index in [9.17, 15) is 18.0 Å². The molecule has 1 fully saturated rings. The van der Waals surface area contributed by atoms with E-state index in [0.29, 0.717) is 19.6 Å². The molecule has 1 unspecified atom stereocenters. The van der Waals surface area contributed by atoms with Gasteiger partial charge < -0.3 is 10.6 Å². The van der Waals surface area contributed by atoms with E-state index in [4.69, 9.17) is 5.73 Å². The highest BCUT2D eigenvalue weighted by atomic mass is 19.4. The quantitative estimate of drug-likeness (QED) is 0.904. The minimum Gasteiger partial charge on any atom is -0.342 e. The van der Waals surface area contributed by atoms with E-state index in [0.717, 1.165) is 28.5 Å². The van der Waals surface area contributed by atoms with Crippen molar-refractivity contribution in [2.75, 3.05) is 13.1 Å². The Morgan fingerprint density at radius 1 is 1.31 bits per heavy atom. The summed E-state index contributed by atoms with van der Waals surface area (Å²) < 4.78 is 37.8. The Balaban J connectivity index is 1.92. The van der Waals surface area contributed by atoms with Gasteiger partial charge in [0.25, 0.3) is 0 Å². The van der Waals surface area contributed by atoms with Crippen molar-refractivity contribution in [3.8, 4) is 0 Å². The number of carbonyl (C=O) groups excluding carboxylic acids is 1. The highest BCUT2D eigenvalue weighted by Gasteiger charge is 2.36. The third-order valence-corrected chi connectivity index (χ3v) is 4.91. The Morgan fingerprint density at radius 2 is 2.08 bits per heavy atom. The van der Waals surface area contributed by atoms with Crippen LogP contribution in [0, 0.1) is 5.92 Å². The molecular weight excluding hydrogens is 343 g/mol. The van der Waals surface area contributed by atoms with E-state index in [-0.39, 0.29) is 11.8 Å². The maximum atomic E-state index is 12.6. The van der Waals surface area contributed by atoms with Gasteiger partial charge in [-0.05, 0) is 29.5 Å². The molecular formula is C19H22F3N3O. The summed E-state index contributed by atoms with van der Waals surface area (Å²) in [5, 5.41) is 0.956. The van der Waals surface area contributed by atoms with Gasteiger partial charge in [0.15, 0.2) is 0 Å². The standard InChI is InChI=1S/C19H22F3N3O/c1-12-7-14(11-25(10-12)17(26)8-19(20,21)22)15-5-4-13(9-23)18-16(15)3-2-6-24-18/h2-6,12,14H,7-11,23H2,1H3/t12?,14-/m1/s1. The van der Waals surface area contributed by atoms with Crippen LogP contribution in [0.5, 0.6) is 0 Å². The number of benzene rings is 1. The molecule has 3 rings (SSSR count). The highest BCUT2D eigenvalue weighted by Crippen LogP contribution is 2.35. The largest absolute Gasteiger partial charge is 0.397 e. The second kappa shape index (κ2) is 7.23. The molecule has 2 heterocycles.